The number of fused-ring (bicyclic) bond motifs is 1. The van der Waals surface area contributed by atoms with Gasteiger partial charge < -0.3 is 23.9 Å². The number of H-pyrrole nitrogens is 1. The molecule has 1 aromatic carbocycles. The van der Waals surface area contributed by atoms with Crippen LogP contribution in [0.3, 0.4) is 0 Å². The van der Waals surface area contributed by atoms with E-state index in [2.05, 4.69) is 4.98 Å². The molecule has 206 valence electrons. The van der Waals surface area contributed by atoms with Crippen molar-refractivity contribution in [3.05, 3.63) is 63.1 Å². The molecule has 0 bridgehead atoms. The zero-order valence-electron chi connectivity index (χ0n) is 23.2. The number of nitrogens with zero attached hydrogens (tertiary/aromatic N) is 1. The van der Waals surface area contributed by atoms with Crippen molar-refractivity contribution < 1.29 is 28.5 Å². The molecule has 2 heterocycles. The fraction of sp³-hybridized carbons (Fsp3) is 0.452. The number of benzene rings is 1. The summed E-state index contributed by atoms with van der Waals surface area (Å²) in [5, 5.41) is 0. The van der Waals surface area contributed by atoms with Crippen LogP contribution in [-0.2, 0) is 27.1 Å². The minimum Gasteiger partial charge on any atom is -0.493 e. The van der Waals surface area contributed by atoms with Crippen LogP contribution in [0.2, 0.25) is 0 Å². The molecule has 0 amide bonds. The summed E-state index contributed by atoms with van der Waals surface area (Å²) in [6, 6.07) is 5.78. The van der Waals surface area contributed by atoms with Gasteiger partial charge in [0.1, 0.15) is 5.69 Å². The van der Waals surface area contributed by atoms with Gasteiger partial charge in [0.05, 0.1) is 38.8 Å². The molecule has 0 fully saturated rings. The number of aromatic nitrogens is 1. The number of methoxy groups -OCH3 is 2. The van der Waals surface area contributed by atoms with Gasteiger partial charge in [0.15, 0.2) is 17.2 Å². The lowest BCUT2D eigenvalue weighted by molar-refractivity contribution is -0.134. The molecule has 0 saturated heterocycles. The Hall–Kier alpha value is -3.81. The number of hydrogen-bond donors (Lipinski definition) is 1. The van der Waals surface area contributed by atoms with Crippen molar-refractivity contribution in [1.82, 2.24) is 4.98 Å². The second-order valence-electron chi connectivity index (χ2n) is 9.90. The highest BCUT2D eigenvalue weighted by molar-refractivity contribution is 6.45. The summed E-state index contributed by atoms with van der Waals surface area (Å²) in [6.07, 6.45) is 7.31. The maximum Gasteiger partial charge on any atom is 0.357 e. The molecule has 1 N–H and O–H groups in total. The van der Waals surface area contributed by atoms with Crippen LogP contribution in [0.15, 0.2) is 40.0 Å². The quantitative estimate of drug-likeness (QED) is 0.436. The third-order valence-electron chi connectivity index (χ3n) is 7.69. The van der Waals surface area contributed by atoms with E-state index < -0.39 is 5.97 Å². The Morgan fingerprint density at radius 2 is 1.41 bits per heavy atom. The zero-order valence-corrected chi connectivity index (χ0v) is 23.2. The first kappa shape index (κ1) is 26.8. The molecule has 0 radical (unpaired) electrons. The maximum absolute atomic E-state index is 13.0. The summed E-state index contributed by atoms with van der Waals surface area (Å²) in [6.45, 7) is 4.20. The van der Waals surface area contributed by atoms with E-state index in [1.807, 2.05) is 25.1 Å². The normalized spacial score (nSPS) is 17.7. The predicted octanol–water partition coefficient (Wildman–Crippen LogP) is 5.74. The topological polar surface area (TPSA) is 99.2 Å². The van der Waals surface area contributed by atoms with E-state index in [0.717, 1.165) is 96.2 Å². The first-order chi connectivity index (χ1) is 19.0. The average Bonchev–Trinajstić information content (AvgIpc) is 3.53. The predicted molar refractivity (Wildman–Crippen MR) is 149 cm³/mol. The Kier molecular flexibility index (Phi) is 7.91. The molecule has 0 saturated carbocycles. The second-order valence-corrected chi connectivity index (χ2v) is 9.90. The van der Waals surface area contributed by atoms with Gasteiger partial charge in [-0.2, -0.15) is 0 Å². The molecule has 0 unspecified atom stereocenters. The molecule has 1 aliphatic heterocycles. The molecule has 8 nitrogen and oxygen atoms in total. The summed E-state index contributed by atoms with van der Waals surface area (Å²) in [4.78, 5) is 34.5. The number of ether oxygens (including phenoxy) is 4. The number of carbonyl (C=O) groups excluding carboxylic acids is 2. The van der Waals surface area contributed by atoms with Gasteiger partial charge in [-0.25, -0.2) is 14.6 Å². The van der Waals surface area contributed by atoms with Gasteiger partial charge in [-0.3, -0.25) is 0 Å². The van der Waals surface area contributed by atoms with Crippen molar-refractivity contribution in [1.29, 1.82) is 0 Å². The largest absolute Gasteiger partial charge is 0.493 e. The SMILES string of the molecule is CCOC(=O)C1=N/C(=C(/c2ccc(OC)c(OC)c2)c2[nH]c(C(=O)OCC)c3c2CCCC3)C2=C1CCCC2. The fourth-order valence-corrected chi connectivity index (χ4v) is 5.96. The van der Waals surface area contributed by atoms with Gasteiger partial charge in [-0.1, -0.05) is 6.07 Å². The lowest BCUT2D eigenvalue weighted by Crippen LogP contribution is -2.19. The van der Waals surface area contributed by atoms with Gasteiger partial charge in [-0.15, -0.1) is 0 Å². The van der Waals surface area contributed by atoms with Crippen molar-refractivity contribution in [3.63, 3.8) is 0 Å². The van der Waals surface area contributed by atoms with Crippen LogP contribution in [0.4, 0.5) is 0 Å². The van der Waals surface area contributed by atoms with Crippen molar-refractivity contribution in [3.8, 4) is 11.5 Å². The van der Waals surface area contributed by atoms with Crippen LogP contribution < -0.4 is 9.47 Å². The smallest absolute Gasteiger partial charge is 0.357 e. The standard InChI is InChI=1S/C31H36N2O6/c1-5-38-30(34)28-21-13-9-7-11-19(21)26(32-28)25(18-15-16-23(36-3)24(17-18)37-4)27-20-12-8-10-14-22(20)29(33-27)31(35)39-6-2/h15-17,32H,5-14H2,1-4H3/b27-25-. The van der Waals surface area contributed by atoms with Gasteiger partial charge in [-0.05, 0) is 105 Å². The Labute approximate surface area is 229 Å². The molecular weight excluding hydrogens is 496 g/mol. The molecule has 3 aliphatic rings. The highest BCUT2D eigenvalue weighted by Crippen LogP contribution is 2.45. The van der Waals surface area contributed by atoms with Crippen molar-refractivity contribution in [2.45, 2.75) is 65.2 Å². The lowest BCUT2D eigenvalue weighted by atomic mass is 9.84. The van der Waals surface area contributed by atoms with Crippen LogP contribution in [0, 0.1) is 0 Å². The molecule has 5 rings (SSSR count). The van der Waals surface area contributed by atoms with E-state index in [1.165, 1.54) is 0 Å². The van der Waals surface area contributed by atoms with E-state index in [1.54, 1.807) is 21.1 Å². The van der Waals surface area contributed by atoms with Gasteiger partial charge in [0, 0.05) is 5.57 Å². The molecular formula is C31H36N2O6. The summed E-state index contributed by atoms with van der Waals surface area (Å²) >= 11 is 0. The Bertz CT molecular complexity index is 1390. The second kappa shape index (κ2) is 11.5. The van der Waals surface area contributed by atoms with Crippen LogP contribution in [-0.4, -0.2) is 50.1 Å². The van der Waals surface area contributed by atoms with Crippen LogP contribution in [0.1, 0.15) is 85.2 Å². The highest BCUT2D eigenvalue weighted by Gasteiger charge is 2.35. The van der Waals surface area contributed by atoms with Crippen molar-refractivity contribution in [2.75, 3.05) is 27.4 Å². The third-order valence-corrected chi connectivity index (χ3v) is 7.69. The molecule has 2 aromatic rings. The Balaban J connectivity index is 1.81. The minimum absolute atomic E-state index is 0.287. The number of rotatable bonds is 8. The van der Waals surface area contributed by atoms with Crippen molar-refractivity contribution >= 4 is 23.2 Å². The Morgan fingerprint density at radius 1 is 0.795 bits per heavy atom. The van der Waals surface area contributed by atoms with E-state index >= 15 is 0 Å². The summed E-state index contributed by atoms with van der Waals surface area (Å²) in [5.41, 5.74) is 8.38. The summed E-state index contributed by atoms with van der Waals surface area (Å²) in [7, 11) is 3.22. The van der Waals surface area contributed by atoms with Crippen LogP contribution >= 0.6 is 0 Å². The van der Waals surface area contributed by atoms with Gasteiger partial charge >= 0.3 is 11.9 Å². The zero-order chi connectivity index (χ0) is 27.5. The van der Waals surface area contributed by atoms with E-state index in [4.69, 9.17) is 23.9 Å². The average molecular weight is 533 g/mol. The Morgan fingerprint density at radius 3 is 2.08 bits per heavy atom. The number of hydrogen-bond acceptors (Lipinski definition) is 7. The van der Waals surface area contributed by atoms with Gasteiger partial charge in [0.2, 0.25) is 0 Å². The summed E-state index contributed by atoms with van der Waals surface area (Å²) < 4.78 is 22.0. The number of nitrogens with one attached hydrogen (secondary N) is 1. The molecule has 2 aliphatic carbocycles. The van der Waals surface area contributed by atoms with E-state index in [0.29, 0.717) is 29.5 Å². The third kappa shape index (κ3) is 4.88. The van der Waals surface area contributed by atoms with E-state index in [9.17, 15) is 9.59 Å². The van der Waals surface area contributed by atoms with Crippen molar-refractivity contribution in [2.24, 2.45) is 4.99 Å². The molecule has 8 heteroatoms. The molecule has 0 atom stereocenters. The molecule has 39 heavy (non-hydrogen) atoms. The number of carbonyl (C=O) groups is 2. The maximum atomic E-state index is 13.0. The summed E-state index contributed by atoms with van der Waals surface area (Å²) in [5.74, 6) is 0.461. The highest BCUT2D eigenvalue weighted by atomic mass is 16.5. The minimum atomic E-state index is -0.394. The first-order valence-corrected chi connectivity index (χ1v) is 13.9. The molecule has 0 spiro atoms. The number of esters is 2. The van der Waals surface area contributed by atoms with Crippen LogP contribution in [0.25, 0.3) is 5.57 Å². The van der Waals surface area contributed by atoms with E-state index in [-0.39, 0.29) is 12.6 Å². The van der Waals surface area contributed by atoms with Crippen LogP contribution in [0.5, 0.6) is 11.5 Å². The molecule has 1 aromatic heterocycles. The lowest BCUT2D eigenvalue weighted by Gasteiger charge is -2.20. The van der Waals surface area contributed by atoms with Gasteiger partial charge in [0.25, 0.3) is 0 Å². The fourth-order valence-electron chi connectivity index (χ4n) is 5.96. The monoisotopic (exact) mass is 532 g/mol. The number of aromatic amines is 1. The number of aliphatic imine (C=N–C) groups is 1. The number of allylic oxidation sites excluding steroid dienone is 1. The first-order valence-electron chi connectivity index (χ1n) is 13.9.